The molecule has 0 bridgehead atoms. The number of carbonyl (C=O) groups is 1. The summed E-state index contributed by atoms with van der Waals surface area (Å²) in [6, 6.07) is 14.8. The van der Waals surface area contributed by atoms with Crippen LogP contribution in [0.4, 0.5) is 0 Å². The number of thioether (sulfide) groups is 1. The molecule has 0 aliphatic rings. The Kier molecular flexibility index (Phi) is 5.97. The Balaban J connectivity index is 1.67. The summed E-state index contributed by atoms with van der Waals surface area (Å²) in [6.45, 7) is 2.56. The summed E-state index contributed by atoms with van der Waals surface area (Å²) in [5, 5.41) is 8.97. The summed E-state index contributed by atoms with van der Waals surface area (Å²) in [6.07, 6.45) is 0. The van der Waals surface area contributed by atoms with Gasteiger partial charge in [0.05, 0.1) is 19.3 Å². The highest BCUT2D eigenvalue weighted by Crippen LogP contribution is 2.25. The first-order valence-corrected chi connectivity index (χ1v) is 9.34. The van der Waals surface area contributed by atoms with Crippen molar-refractivity contribution in [3.8, 4) is 17.1 Å². The van der Waals surface area contributed by atoms with Crippen LogP contribution in [-0.4, -0.2) is 34.6 Å². The van der Waals surface area contributed by atoms with E-state index in [-0.39, 0.29) is 5.97 Å². The average molecular weight is 384 g/mol. The van der Waals surface area contributed by atoms with Crippen LogP contribution < -0.4 is 10.6 Å². The van der Waals surface area contributed by atoms with Crippen molar-refractivity contribution >= 4 is 17.7 Å². The number of benzene rings is 2. The Morgan fingerprint density at radius 3 is 2.44 bits per heavy atom. The van der Waals surface area contributed by atoms with Crippen molar-refractivity contribution in [3.63, 3.8) is 0 Å². The second kappa shape index (κ2) is 8.59. The molecule has 8 heteroatoms. The van der Waals surface area contributed by atoms with E-state index in [1.807, 2.05) is 43.3 Å². The summed E-state index contributed by atoms with van der Waals surface area (Å²) in [4.78, 5) is 11.5. The van der Waals surface area contributed by atoms with E-state index in [1.165, 1.54) is 23.5 Å². The largest absolute Gasteiger partial charge is 0.494 e. The average Bonchev–Trinajstić information content (AvgIpc) is 3.07. The first-order valence-electron chi connectivity index (χ1n) is 8.36. The molecule has 3 rings (SSSR count). The molecule has 0 saturated heterocycles. The van der Waals surface area contributed by atoms with Crippen LogP contribution in [0.15, 0.2) is 53.7 Å². The normalized spacial score (nSPS) is 10.6. The summed E-state index contributed by atoms with van der Waals surface area (Å²) < 4.78 is 11.6. The van der Waals surface area contributed by atoms with E-state index >= 15 is 0 Å². The molecule has 0 atom stereocenters. The predicted molar refractivity (Wildman–Crippen MR) is 104 cm³/mol. The van der Waals surface area contributed by atoms with Crippen molar-refractivity contribution in [1.82, 2.24) is 14.9 Å². The third kappa shape index (κ3) is 4.40. The molecule has 0 aliphatic carbocycles. The van der Waals surface area contributed by atoms with E-state index in [2.05, 4.69) is 10.2 Å². The molecule has 0 saturated carbocycles. The Hall–Kier alpha value is -3.00. The molecule has 2 N–H and O–H groups in total. The first-order chi connectivity index (χ1) is 13.1. The number of hydrogen-bond acceptors (Lipinski definition) is 7. The standard InChI is InChI=1S/C19H20N4O3S/c1-3-26-16-10-8-14(9-11-16)17-21-22-19(23(17)20)27-12-13-4-6-15(7-5-13)18(24)25-2/h4-11H,3,12,20H2,1-2H3. The molecule has 0 aliphatic heterocycles. The molecule has 0 amide bonds. The number of nitrogens with two attached hydrogens (primary N) is 1. The van der Waals surface area contributed by atoms with Crippen molar-refractivity contribution in [2.24, 2.45) is 0 Å². The van der Waals surface area contributed by atoms with Gasteiger partial charge in [0, 0.05) is 11.3 Å². The fourth-order valence-electron chi connectivity index (χ4n) is 2.44. The number of carbonyl (C=O) groups excluding carboxylic acids is 1. The Morgan fingerprint density at radius 1 is 1.11 bits per heavy atom. The third-order valence-electron chi connectivity index (χ3n) is 3.83. The van der Waals surface area contributed by atoms with Gasteiger partial charge in [0.25, 0.3) is 0 Å². The van der Waals surface area contributed by atoms with E-state index in [4.69, 9.17) is 15.3 Å². The van der Waals surface area contributed by atoms with Crippen LogP contribution in [0, 0.1) is 0 Å². The SMILES string of the molecule is CCOc1ccc(-c2nnc(SCc3ccc(C(=O)OC)cc3)n2N)cc1. The number of rotatable bonds is 7. The van der Waals surface area contributed by atoms with E-state index in [0.29, 0.717) is 28.9 Å². The lowest BCUT2D eigenvalue weighted by molar-refractivity contribution is 0.0600. The van der Waals surface area contributed by atoms with Gasteiger partial charge in [0.15, 0.2) is 5.82 Å². The number of ether oxygens (including phenoxy) is 2. The molecule has 1 aromatic heterocycles. The number of nitrogens with zero attached hydrogens (tertiary/aromatic N) is 3. The lowest BCUT2D eigenvalue weighted by atomic mass is 10.1. The zero-order chi connectivity index (χ0) is 19.2. The van der Waals surface area contributed by atoms with E-state index in [1.54, 1.807) is 12.1 Å². The Morgan fingerprint density at radius 2 is 1.81 bits per heavy atom. The van der Waals surface area contributed by atoms with Gasteiger partial charge in [-0.3, -0.25) is 0 Å². The van der Waals surface area contributed by atoms with Crippen LogP contribution in [-0.2, 0) is 10.5 Å². The molecular formula is C19H20N4O3S. The minimum absolute atomic E-state index is 0.351. The molecule has 0 radical (unpaired) electrons. The van der Waals surface area contributed by atoms with Crippen LogP contribution in [0.25, 0.3) is 11.4 Å². The fraction of sp³-hybridized carbons (Fsp3) is 0.211. The molecule has 7 nitrogen and oxygen atoms in total. The molecule has 0 spiro atoms. The second-order valence-corrected chi connectivity index (χ2v) is 6.55. The summed E-state index contributed by atoms with van der Waals surface area (Å²) in [5.41, 5.74) is 2.42. The fourth-order valence-corrected chi connectivity index (χ4v) is 3.25. The highest BCUT2D eigenvalue weighted by atomic mass is 32.2. The van der Waals surface area contributed by atoms with Crippen molar-refractivity contribution < 1.29 is 14.3 Å². The van der Waals surface area contributed by atoms with Gasteiger partial charge < -0.3 is 15.3 Å². The third-order valence-corrected chi connectivity index (χ3v) is 4.85. The van der Waals surface area contributed by atoms with Crippen molar-refractivity contribution in [2.75, 3.05) is 19.6 Å². The second-order valence-electron chi connectivity index (χ2n) is 5.61. The Labute approximate surface area is 161 Å². The Bertz CT molecular complexity index is 908. The highest BCUT2D eigenvalue weighted by Gasteiger charge is 2.13. The van der Waals surface area contributed by atoms with Crippen molar-refractivity contribution in [2.45, 2.75) is 17.8 Å². The van der Waals surface area contributed by atoms with Gasteiger partial charge in [-0.25, -0.2) is 9.47 Å². The van der Waals surface area contributed by atoms with Gasteiger partial charge in [-0.1, -0.05) is 23.9 Å². The molecule has 0 unspecified atom stereocenters. The minimum atomic E-state index is -0.351. The number of esters is 1. The number of methoxy groups -OCH3 is 1. The topological polar surface area (TPSA) is 92.3 Å². The minimum Gasteiger partial charge on any atom is -0.494 e. The highest BCUT2D eigenvalue weighted by molar-refractivity contribution is 7.98. The predicted octanol–water partition coefficient (Wildman–Crippen LogP) is 3.14. The van der Waals surface area contributed by atoms with E-state index in [0.717, 1.165) is 16.9 Å². The van der Waals surface area contributed by atoms with Gasteiger partial charge in [0.1, 0.15) is 5.75 Å². The van der Waals surface area contributed by atoms with Crippen LogP contribution in [0.1, 0.15) is 22.8 Å². The zero-order valence-electron chi connectivity index (χ0n) is 15.1. The van der Waals surface area contributed by atoms with Crippen LogP contribution in [0.3, 0.4) is 0 Å². The molecular weight excluding hydrogens is 364 g/mol. The summed E-state index contributed by atoms with van der Waals surface area (Å²) >= 11 is 1.47. The maximum absolute atomic E-state index is 11.5. The number of aromatic nitrogens is 3. The number of hydrogen-bond donors (Lipinski definition) is 1. The van der Waals surface area contributed by atoms with Crippen LogP contribution in [0.5, 0.6) is 5.75 Å². The zero-order valence-corrected chi connectivity index (χ0v) is 15.9. The molecule has 1 heterocycles. The molecule has 3 aromatic rings. The number of nitrogen functional groups attached to an aromatic ring is 1. The lowest BCUT2D eigenvalue weighted by Crippen LogP contribution is -2.11. The van der Waals surface area contributed by atoms with Crippen molar-refractivity contribution in [3.05, 3.63) is 59.7 Å². The maximum atomic E-state index is 11.5. The van der Waals surface area contributed by atoms with Crippen LogP contribution in [0.2, 0.25) is 0 Å². The quantitative estimate of drug-likeness (QED) is 0.380. The van der Waals surface area contributed by atoms with E-state index in [9.17, 15) is 4.79 Å². The van der Waals surface area contributed by atoms with Gasteiger partial charge in [-0.2, -0.15) is 0 Å². The monoisotopic (exact) mass is 384 g/mol. The molecule has 27 heavy (non-hydrogen) atoms. The van der Waals surface area contributed by atoms with E-state index < -0.39 is 0 Å². The van der Waals surface area contributed by atoms with Gasteiger partial charge >= 0.3 is 5.97 Å². The smallest absolute Gasteiger partial charge is 0.337 e. The van der Waals surface area contributed by atoms with Crippen LogP contribution >= 0.6 is 11.8 Å². The summed E-state index contributed by atoms with van der Waals surface area (Å²) in [5.74, 6) is 7.84. The molecule has 2 aromatic carbocycles. The van der Waals surface area contributed by atoms with Crippen molar-refractivity contribution in [1.29, 1.82) is 0 Å². The summed E-state index contributed by atoms with van der Waals surface area (Å²) in [7, 11) is 1.36. The van der Waals surface area contributed by atoms with Gasteiger partial charge in [-0.15, -0.1) is 10.2 Å². The first kappa shape index (κ1) is 18.8. The van der Waals surface area contributed by atoms with Gasteiger partial charge in [-0.05, 0) is 48.9 Å². The molecule has 0 fully saturated rings. The molecule has 140 valence electrons. The lowest BCUT2D eigenvalue weighted by Gasteiger charge is -2.06. The van der Waals surface area contributed by atoms with Gasteiger partial charge in [0.2, 0.25) is 5.16 Å². The maximum Gasteiger partial charge on any atom is 0.337 e.